The Morgan fingerprint density at radius 2 is 2.33 bits per heavy atom. The molecule has 2 aromatic heterocycles. The maximum atomic E-state index is 5.42. The minimum absolute atomic E-state index is 0.713. The Labute approximate surface area is 107 Å². The van der Waals surface area contributed by atoms with Crippen molar-refractivity contribution in [2.45, 2.75) is 12.8 Å². The first kappa shape index (κ1) is 11.5. The molecule has 1 atom stereocenters. The van der Waals surface area contributed by atoms with Crippen molar-refractivity contribution in [2.75, 3.05) is 27.2 Å². The molecule has 0 radical (unpaired) electrons. The Morgan fingerprint density at radius 3 is 3.06 bits per heavy atom. The second-order valence-corrected chi connectivity index (χ2v) is 5.12. The zero-order valence-electron chi connectivity index (χ0n) is 11.0. The van der Waals surface area contributed by atoms with Crippen LogP contribution in [0.25, 0.3) is 5.52 Å². The van der Waals surface area contributed by atoms with Gasteiger partial charge in [-0.3, -0.25) is 4.40 Å². The molecule has 1 aliphatic rings. The van der Waals surface area contributed by atoms with Gasteiger partial charge in [-0.15, -0.1) is 0 Å². The van der Waals surface area contributed by atoms with Gasteiger partial charge in [-0.2, -0.15) is 0 Å². The highest BCUT2D eigenvalue weighted by Crippen LogP contribution is 2.22. The van der Waals surface area contributed by atoms with E-state index >= 15 is 0 Å². The molecule has 3 rings (SSSR count). The van der Waals surface area contributed by atoms with Crippen LogP contribution in [0.1, 0.15) is 12.2 Å². The van der Waals surface area contributed by atoms with E-state index in [2.05, 4.69) is 27.4 Å². The third kappa shape index (κ3) is 1.97. The van der Waals surface area contributed by atoms with E-state index in [1.807, 2.05) is 18.3 Å². The monoisotopic (exact) mass is 245 g/mol. The molecule has 1 aliphatic heterocycles. The molecule has 1 unspecified atom stereocenters. The highest BCUT2D eigenvalue weighted by atomic mass is 16.5. The fraction of sp³-hybridized carbons (Fsp3) is 0.500. The molecule has 0 N–H and O–H groups in total. The SMILES string of the molecule is COc1cccc2cnc(CC3CCN(C)C3)n12. The zero-order chi connectivity index (χ0) is 12.5. The number of likely N-dealkylation sites (tertiary alicyclic amines) is 1. The van der Waals surface area contributed by atoms with Crippen molar-refractivity contribution in [1.82, 2.24) is 14.3 Å². The zero-order valence-corrected chi connectivity index (χ0v) is 11.0. The molecule has 96 valence electrons. The van der Waals surface area contributed by atoms with Gasteiger partial charge in [-0.25, -0.2) is 4.98 Å². The standard InChI is InChI=1S/C14H19N3O/c1-16-7-6-11(10-16)8-13-15-9-12-4-3-5-14(18-2)17(12)13/h3-5,9,11H,6-8,10H2,1-2H3. The Hall–Kier alpha value is -1.55. The summed E-state index contributed by atoms with van der Waals surface area (Å²) in [6, 6.07) is 6.06. The van der Waals surface area contributed by atoms with Crippen LogP contribution in [-0.4, -0.2) is 41.5 Å². The second-order valence-electron chi connectivity index (χ2n) is 5.12. The third-order valence-corrected chi connectivity index (χ3v) is 3.76. The van der Waals surface area contributed by atoms with Crippen LogP contribution in [0.3, 0.4) is 0 Å². The summed E-state index contributed by atoms with van der Waals surface area (Å²) in [5.74, 6) is 2.69. The van der Waals surface area contributed by atoms with Gasteiger partial charge in [0.25, 0.3) is 0 Å². The predicted molar refractivity (Wildman–Crippen MR) is 71.1 cm³/mol. The van der Waals surface area contributed by atoms with E-state index in [0.29, 0.717) is 5.92 Å². The smallest absolute Gasteiger partial charge is 0.199 e. The number of fused-ring (bicyclic) bond motifs is 1. The summed E-state index contributed by atoms with van der Waals surface area (Å²) in [5, 5.41) is 0. The van der Waals surface area contributed by atoms with Crippen molar-refractivity contribution in [3.63, 3.8) is 0 Å². The van der Waals surface area contributed by atoms with Crippen molar-refractivity contribution >= 4 is 5.52 Å². The number of methoxy groups -OCH3 is 1. The van der Waals surface area contributed by atoms with Crippen LogP contribution < -0.4 is 4.74 Å². The molecular formula is C14H19N3O. The molecule has 4 nitrogen and oxygen atoms in total. The molecule has 0 aliphatic carbocycles. The molecule has 0 spiro atoms. The number of ether oxygens (including phenoxy) is 1. The quantitative estimate of drug-likeness (QED) is 0.826. The molecule has 0 saturated carbocycles. The van der Waals surface area contributed by atoms with Crippen molar-refractivity contribution in [1.29, 1.82) is 0 Å². The van der Waals surface area contributed by atoms with Gasteiger partial charge in [0.15, 0.2) is 5.88 Å². The Kier molecular flexibility index (Phi) is 2.96. The Bertz CT molecular complexity index is 549. The highest BCUT2D eigenvalue weighted by molar-refractivity contribution is 5.49. The molecule has 0 bridgehead atoms. The minimum atomic E-state index is 0.713. The summed E-state index contributed by atoms with van der Waals surface area (Å²) in [6.45, 7) is 2.37. The average molecular weight is 245 g/mol. The number of hydrogen-bond acceptors (Lipinski definition) is 3. The summed E-state index contributed by atoms with van der Waals surface area (Å²) in [4.78, 5) is 6.94. The lowest BCUT2D eigenvalue weighted by Crippen LogP contribution is -2.15. The first-order chi connectivity index (χ1) is 8.78. The minimum Gasteiger partial charge on any atom is -0.482 e. The lowest BCUT2D eigenvalue weighted by Gasteiger charge is -2.11. The number of nitrogens with zero attached hydrogens (tertiary/aromatic N) is 3. The van der Waals surface area contributed by atoms with Gasteiger partial charge in [0.1, 0.15) is 5.82 Å². The molecule has 1 fully saturated rings. The fourth-order valence-electron chi connectivity index (χ4n) is 2.84. The van der Waals surface area contributed by atoms with Gasteiger partial charge in [-0.05, 0) is 38.1 Å². The van der Waals surface area contributed by atoms with Gasteiger partial charge >= 0.3 is 0 Å². The second kappa shape index (κ2) is 4.61. The maximum absolute atomic E-state index is 5.42. The van der Waals surface area contributed by atoms with Crippen molar-refractivity contribution in [3.8, 4) is 5.88 Å². The lowest BCUT2D eigenvalue weighted by atomic mass is 10.0. The van der Waals surface area contributed by atoms with Gasteiger partial charge in [0, 0.05) is 13.0 Å². The first-order valence-electron chi connectivity index (χ1n) is 6.46. The van der Waals surface area contributed by atoms with Crippen LogP contribution in [0.5, 0.6) is 5.88 Å². The first-order valence-corrected chi connectivity index (χ1v) is 6.46. The van der Waals surface area contributed by atoms with Crippen molar-refractivity contribution < 1.29 is 4.74 Å². The topological polar surface area (TPSA) is 29.8 Å². The third-order valence-electron chi connectivity index (χ3n) is 3.76. The van der Waals surface area contributed by atoms with E-state index in [0.717, 1.165) is 23.6 Å². The highest BCUT2D eigenvalue weighted by Gasteiger charge is 2.21. The van der Waals surface area contributed by atoms with Gasteiger partial charge < -0.3 is 9.64 Å². The summed E-state index contributed by atoms with van der Waals surface area (Å²) in [6.07, 6.45) is 4.22. The number of imidazole rings is 1. The molecule has 0 amide bonds. The Balaban J connectivity index is 1.92. The summed E-state index contributed by atoms with van der Waals surface area (Å²) in [7, 11) is 3.89. The normalized spacial score (nSPS) is 20.7. The molecule has 1 saturated heterocycles. The Morgan fingerprint density at radius 1 is 1.44 bits per heavy atom. The summed E-state index contributed by atoms with van der Waals surface area (Å²) < 4.78 is 7.55. The van der Waals surface area contributed by atoms with E-state index < -0.39 is 0 Å². The van der Waals surface area contributed by atoms with Crippen LogP contribution in [0.15, 0.2) is 24.4 Å². The van der Waals surface area contributed by atoms with Crippen LogP contribution >= 0.6 is 0 Å². The molecule has 0 aromatic carbocycles. The number of aromatic nitrogens is 2. The molecule has 18 heavy (non-hydrogen) atoms. The van der Waals surface area contributed by atoms with Crippen molar-refractivity contribution in [2.24, 2.45) is 5.92 Å². The van der Waals surface area contributed by atoms with Crippen molar-refractivity contribution in [3.05, 3.63) is 30.2 Å². The predicted octanol–water partition coefficient (Wildman–Crippen LogP) is 1.84. The van der Waals surface area contributed by atoms with Gasteiger partial charge in [0.2, 0.25) is 0 Å². The average Bonchev–Trinajstić information content (AvgIpc) is 2.97. The molecule has 3 heterocycles. The number of rotatable bonds is 3. The molecule has 4 heteroatoms. The van der Waals surface area contributed by atoms with E-state index in [4.69, 9.17) is 4.74 Å². The maximum Gasteiger partial charge on any atom is 0.199 e. The fourth-order valence-corrected chi connectivity index (χ4v) is 2.84. The van der Waals surface area contributed by atoms with Crippen LogP contribution in [-0.2, 0) is 6.42 Å². The lowest BCUT2D eigenvalue weighted by molar-refractivity contribution is 0.381. The van der Waals surface area contributed by atoms with Crippen LogP contribution in [0.4, 0.5) is 0 Å². The summed E-state index contributed by atoms with van der Waals surface area (Å²) >= 11 is 0. The number of pyridine rings is 1. The molecule has 2 aromatic rings. The van der Waals surface area contributed by atoms with Gasteiger partial charge in [0.05, 0.1) is 18.8 Å². The summed E-state index contributed by atoms with van der Waals surface area (Å²) in [5.41, 5.74) is 1.11. The van der Waals surface area contributed by atoms with Crippen LogP contribution in [0, 0.1) is 5.92 Å². The largest absolute Gasteiger partial charge is 0.482 e. The van der Waals surface area contributed by atoms with E-state index in [1.165, 1.54) is 19.5 Å². The van der Waals surface area contributed by atoms with E-state index in [9.17, 15) is 0 Å². The number of hydrogen-bond donors (Lipinski definition) is 0. The van der Waals surface area contributed by atoms with Crippen LogP contribution in [0.2, 0.25) is 0 Å². The van der Waals surface area contributed by atoms with E-state index in [1.54, 1.807) is 7.11 Å². The van der Waals surface area contributed by atoms with Gasteiger partial charge in [-0.1, -0.05) is 6.07 Å². The van der Waals surface area contributed by atoms with E-state index in [-0.39, 0.29) is 0 Å². The molecular weight excluding hydrogens is 226 g/mol.